The average molecular weight is 398 g/mol. The van der Waals surface area contributed by atoms with Crippen molar-refractivity contribution in [2.24, 2.45) is 0 Å². The van der Waals surface area contributed by atoms with Crippen LogP contribution in [0.4, 0.5) is 0 Å². The molecular weight excluding hydrogens is 386 g/mol. The molecule has 0 saturated heterocycles. The Morgan fingerprint density at radius 1 is 0.294 bits per heavy atom. The molecule has 12 nitrogen and oxygen atoms in total. The van der Waals surface area contributed by atoms with Crippen molar-refractivity contribution in [3.63, 3.8) is 0 Å². The summed E-state index contributed by atoms with van der Waals surface area (Å²) in [6, 6.07) is 0. The molecule has 0 aromatic carbocycles. The van der Waals surface area contributed by atoms with Crippen LogP contribution in [-0.2, 0) is 0 Å². The summed E-state index contributed by atoms with van der Waals surface area (Å²) < 4.78 is 0. The molecular formula is H12B4O12Sm. The first-order valence-corrected chi connectivity index (χ1v) is 3.10. The van der Waals surface area contributed by atoms with Crippen molar-refractivity contribution in [2.75, 3.05) is 0 Å². The van der Waals surface area contributed by atoms with Crippen LogP contribution >= 0.6 is 0 Å². The van der Waals surface area contributed by atoms with E-state index in [4.69, 9.17) is 60.3 Å². The summed E-state index contributed by atoms with van der Waals surface area (Å²) in [5, 5.41) is 86.0. The Morgan fingerprint density at radius 2 is 0.294 bits per heavy atom. The van der Waals surface area contributed by atoms with Crippen LogP contribution < -0.4 is 0 Å². The summed E-state index contributed by atoms with van der Waals surface area (Å²) >= 11 is 0. The Balaban J connectivity index is -0.0000000369. The molecule has 0 aliphatic carbocycles. The first-order valence-electron chi connectivity index (χ1n) is 3.10. The van der Waals surface area contributed by atoms with E-state index < -0.39 is 29.3 Å². The molecule has 0 spiro atoms. The molecule has 0 amide bonds. The van der Waals surface area contributed by atoms with E-state index in [2.05, 4.69) is 0 Å². The molecule has 0 fully saturated rings. The van der Waals surface area contributed by atoms with E-state index in [0.29, 0.717) is 0 Å². The summed E-state index contributed by atoms with van der Waals surface area (Å²) in [5.41, 5.74) is 0. The zero-order valence-electron chi connectivity index (χ0n) is 8.08. The maximum Gasteiger partial charge on any atom is 0.631 e. The second kappa shape index (κ2) is 25.8. The minimum absolute atomic E-state index is 0. The zero-order chi connectivity index (χ0) is 14.3. The van der Waals surface area contributed by atoms with Gasteiger partial charge in [0.2, 0.25) is 0 Å². The van der Waals surface area contributed by atoms with Crippen molar-refractivity contribution in [2.45, 2.75) is 0 Å². The molecule has 12 N–H and O–H groups in total. The Labute approximate surface area is 129 Å². The fraction of sp³-hybridized carbons (Fsp3) is 0. The number of hydrogen-bond acceptors (Lipinski definition) is 12. The van der Waals surface area contributed by atoms with E-state index in [1.807, 2.05) is 0 Å². The topological polar surface area (TPSA) is 243 Å². The maximum atomic E-state index is 7.17. The van der Waals surface area contributed by atoms with Gasteiger partial charge in [0.05, 0.1) is 0 Å². The average Bonchev–Trinajstić information content (AvgIpc) is 1.76. The van der Waals surface area contributed by atoms with Gasteiger partial charge >= 0.3 is 29.3 Å². The minimum Gasteiger partial charge on any atom is -0.402 e. The normalized spacial score (nSPS) is 6.35. The van der Waals surface area contributed by atoms with E-state index in [1.165, 1.54) is 0 Å². The van der Waals surface area contributed by atoms with E-state index in [-0.39, 0.29) is 40.4 Å². The molecule has 0 unspecified atom stereocenters. The third kappa shape index (κ3) is 3130. The molecule has 0 rings (SSSR count). The third-order valence-corrected chi connectivity index (χ3v) is 0. The van der Waals surface area contributed by atoms with Crippen LogP contribution in [0.3, 0.4) is 0 Å². The van der Waals surface area contributed by atoms with Gasteiger partial charge in [-0.15, -0.1) is 0 Å². The van der Waals surface area contributed by atoms with E-state index in [9.17, 15) is 0 Å². The standard InChI is InChI=1S/4BH3O3.Sm/c4*2-1(3)4;/h4*2-4H;. The second-order valence-corrected chi connectivity index (χ2v) is 1.39. The van der Waals surface area contributed by atoms with Gasteiger partial charge in [-0.05, 0) is 0 Å². The summed E-state index contributed by atoms with van der Waals surface area (Å²) in [7, 11) is -8.67. The van der Waals surface area contributed by atoms with Gasteiger partial charge in [0.15, 0.2) is 0 Å². The van der Waals surface area contributed by atoms with E-state index in [1.54, 1.807) is 0 Å². The summed E-state index contributed by atoms with van der Waals surface area (Å²) in [6.45, 7) is 0. The van der Waals surface area contributed by atoms with Crippen molar-refractivity contribution in [3.8, 4) is 0 Å². The SMILES string of the molecule is OB(O)O.OB(O)O.OB(O)O.OB(O)O.[Sm]. The fourth-order valence-corrected chi connectivity index (χ4v) is 0. The Hall–Kier alpha value is 1.12. The van der Waals surface area contributed by atoms with E-state index in [0.717, 1.165) is 0 Å². The largest absolute Gasteiger partial charge is 0.631 e. The summed E-state index contributed by atoms with van der Waals surface area (Å²) in [6.07, 6.45) is 0. The quantitative estimate of drug-likeness (QED) is 0.170. The van der Waals surface area contributed by atoms with Gasteiger partial charge < -0.3 is 60.3 Å². The first-order chi connectivity index (χ1) is 6.93. The Bertz CT molecular complexity index is 61.5. The number of hydrogen-bond donors (Lipinski definition) is 12. The predicted molar refractivity (Wildman–Crippen MR) is 49.6 cm³/mol. The van der Waals surface area contributed by atoms with Crippen molar-refractivity contribution in [1.82, 2.24) is 0 Å². The molecule has 0 aliphatic heterocycles. The van der Waals surface area contributed by atoms with Crippen LogP contribution in [-0.4, -0.2) is 89.6 Å². The van der Waals surface area contributed by atoms with Crippen molar-refractivity contribution < 1.29 is 101 Å². The van der Waals surface area contributed by atoms with Gasteiger partial charge in [0, 0.05) is 40.4 Å². The predicted octanol–water partition coefficient (Wildman–Crippen LogP) is -8.21. The molecule has 0 aromatic heterocycles. The van der Waals surface area contributed by atoms with Crippen LogP contribution in [0, 0.1) is 40.4 Å². The van der Waals surface area contributed by atoms with Gasteiger partial charge in [-0.1, -0.05) is 0 Å². The van der Waals surface area contributed by atoms with E-state index >= 15 is 0 Å². The molecule has 0 radical (unpaired) electrons. The Morgan fingerprint density at radius 3 is 0.294 bits per heavy atom. The molecule has 0 aliphatic rings. The smallest absolute Gasteiger partial charge is 0.402 e. The summed E-state index contributed by atoms with van der Waals surface area (Å²) in [4.78, 5) is 0. The molecule has 0 heterocycles. The minimum atomic E-state index is -2.17. The summed E-state index contributed by atoms with van der Waals surface area (Å²) in [5.74, 6) is 0. The third-order valence-electron chi connectivity index (χ3n) is 0. The van der Waals surface area contributed by atoms with Gasteiger partial charge in [0.25, 0.3) is 0 Å². The molecule has 102 valence electrons. The van der Waals surface area contributed by atoms with Gasteiger partial charge in [-0.2, -0.15) is 0 Å². The molecule has 0 aromatic rings. The maximum absolute atomic E-state index is 7.17. The van der Waals surface area contributed by atoms with Crippen molar-refractivity contribution in [3.05, 3.63) is 0 Å². The Kier molecular flexibility index (Phi) is 46.9. The number of rotatable bonds is 0. The van der Waals surface area contributed by atoms with Crippen LogP contribution in [0.15, 0.2) is 0 Å². The van der Waals surface area contributed by atoms with Crippen molar-refractivity contribution in [1.29, 1.82) is 0 Å². The van der Waals surface area contributed by atoms with Gasteiger partial charge in [-0.3, -0.25) is 0 Å². The van der Waals surface area contributed by atoms with Crippen LogP contribution in [0.25, 0.3) is 0 Å². The molecule has 17 heavy (non-hydrogen) atoms. The molecule has 0 bridgehead atoms. The zero-order valence-corrected chi connectivity index (χ0v) is 10.7. The fourth-order valence-electron chi connectivity index (χ4n) is 0. The van der Waals surface area contributed by atoms with Crippen LogP contribution in [0.1, 0.15) is 0 Å². The van der Waals surface area contributed by atoms with Crippen LogP contribution in [0.5, 0.6) is 0 Å². The molecule has 17 heteroatoms. The first kappa shape index (κ1) is 30.9. The molecule has 0 atom stereocenters. The second-order valence-electron chi connectivity index (χ2n) is 1.39. The van der Waals surface area contributed by atoms with Crippen molar-refractivity contribution >= 4 is 29.3 Å². The monoisotopic (exact) mass is 400 g/mol. The van der Waals surface area contributed by atoms with Gasteiger partial charge in [-0.25, -0.2) is 0 Å². The van der Waals surface area contributed by atoms with Gasteiger partial charge in [0.1, 0.15) is 0 Å². The molecule has 0 saturated carbocycles. The van der Waals surface area contributed by atoms with Crippen LogP contribution in [0.2, 0.25) is 0 Å².